The van der Waals surface area contributed by atoms with Gasteiger partial charge in [-0.05, 0) is 95.9 Å². The molecule has 0 amide bonds. The van der Waals surface area contributed by atoms with Crippen molar-refractivity contribution in [1.82, 2.24) is 0 Å². The van der Waals surface area contributed by atoms with Crippen molar-refractivity contribution < 1.29 is 23.7 Å². The summed E-state index contributed by atoms with van der Waals surface area (Å²) in [6.45, 7) is 16.8. The van der Waals surface area contributed by atoms with Gasteiger partial charge in [-0.3, -0.25) is 4.79 Å². The van der Waals surface area contributed by atoms with Crippen LogP contribution >= 0.6 is 0 Å². The lowest BCUT2D eigenvalue weighted by Gasteiger charge is -2.22. The van der Waals surface area contributed by atoms with Gasteiger partial charge in [-0.25, -0.2) is 0 Å². The molecule has 4 unspecified atom stereocenters. The molecule has 0 spiro atoms. The van der Waals surface area contributed by atoms with Crippen LogP contribution in [0, 0.1) is 0 Å². The summed E-state index contributed by atoms with van der Waals surface area (Å²) in [6, 6.07) is 11.4. The molecule has 0 aliphatic rings. The number of carbonyl (C=O) groups excluding carboxylic acids is 1. The number of para-hydroxylation sites is 1. The van der Waals surface area contributed by atoms with Crippen LogP contribution in [0.3, 0.4) is 0 Å². The summed E-state index contributed by atoms with van der Waals surface area (Å²) in [5.74, 6) is 2.48. The highest BCUT2D eigenvalue weighted by atomic mass is 16.5. The van der Waals surface area contributed by atoms with Crippen LogP contribution in [0.1, 0.15) is 123 Å². The molecule has 0 radical (unpaired) electrons. The van der Waals surface area contributed by atoms with Crippen molar-refractivity contribution in [2.24, 2.45) is 0 Å². The topological polar surface area (TPSA) is 54.0 Å². The van der Waals surface area contributed by atoms with E-state index in [1.54, 1.807) is 6.08 Å². The molecule has 4 atom stereocenters. The summed E-state index contributed by atoms with van der Waals surface area (Å²) in [5.41, 5.74) is 1.30. The maximum atomic E-state index is 13.6. The average Bonchev–Trinajstić information content (AvgIpc) is 2.90. The van der Waals surface area contributed by atoms with Gasteiger partial charge in [-0.15, -0.1) is 0 Å². The Bertz CT molecular complexity index is 1060. The molecule has 0 N–H and O–H groups in total. The number of benzene rings is 2. The number of carbonyl (C=O) groups is 1. The van der Waals surface area contributed by atoms with Gasteiger partial charge in [0.05, 0.1) is 30.0 Å². The number of ether oxygens (including phenoxy) is 4. The first-order valence-corrected chi connectivity index (χ1v) is 15.4. The van der Waals surface area contributed by atoms with E-state index in [9.17, 15) is 4.79 Å². The van der Waals surface area contributed by atoms with Crippen molar-refractivity contribution in [3.05, 3.63) is 53.6 Å². The van der Waals surface area contributed by atoms with Gasteiger partial charge in [-0.2, -0.15) is 0 Å². The van der Waals surface area contributed by atoms with Crippen LogP contribution in [-0.2, 0) is 0 Å². The Labute approximate surface area is 243 Å². The van der Waals surface area contributed by atoms with E-state index in [1.165, 1.54) is 0 Å². The Morgan fingerprint density at radius 1 is 0.675 bits per heavy atom. The molecule has 40 heavy (non-hydrogen) atoms. The predicted octanol–water partition coefficient (Wildman–Crippen LogP) is 9.85. The fourth-order valence-electron chi connectivity index (χ4n) is 4.75. The summed E-state index contributed by atoms with van der Waals surface area (Å²) in [5, 5.41) is 0. The molecule has 0 saturated carbocycles. The van der Waals surface area contributed by atoms with Gasteiger partial charge >= 0.3 is 0 Å². The Morgan fingerprint density at radius 2 is 1.20 bits per heavy atom. The van der Waals surface area contributed by atoms with Gasteiger partial charge in [0, 0.05) is 5.56 Å². The monoisotopic (exact) mass is 552 g/mol. The molecular weight excluding hydrogens is 500 g/mol. The molecule has 0 fully saturated rings. The van der Waals surface area contributed by atoms with E-state index in [4.69, 9.17) is 18.9 Å². The second kappa shape index (κ2) is 17.7. The molecule has 0 aliphatic heterocycles. The number of hydrogen-bond acceptors (Lipinski definition) is 5. The molecular formula is C35H52O5. The zero-order chi connectivity index (χ0) is 29.5. The van der Waals surface area contributed by atoms with Crippen molar-refractivity contribution >= 4 is 11.9 Å². The molecule has 0 heterocycles. The molecule has 2 aromatic carbocycles. The molecule has 0 aromatic heterocycles. The minimum Gasteiger partial charge on any atom is -0.491 e. The van der Waals surface area contributed by atoms with E-state index in [1.807, 2.05) is 49.4 Å². The zero-order valence-corrected chi connectivity index (χ0v) is 26.1. The van der Waals surface area contributed by atoms with Crippen LogP contribution in [0.25, 0.3) is 6.08 Å². The standard InChI is InChI=1S/C35H52O5/c1-9-14-25(5)37-30-21-23-33(38-26(6)15-10-2)29(24-30)20-22-32(36)31-18-13-19-34(39-27(7)16-11-3)35(31)40-28(8)17-12-4/h13,18-28H,9-12,14-17H2,1-8H3. The van der Waals surface area contributed by atoms with E-state index in [2.05, 4.69) is 48.5 Å². The highest BCUT2D eigenvalue weighted by molar-refractivity contribution is 6.09. The van der Waals surface area contributed by atoms with Gasteiger partial charge in [0.1, 0.15) is 11.5 Å². The number of hydrogen-bond donors (Lipinski definition) is 0. The minimum atomic E-state index is -0.148. The fraction of sp³-hybridized carbons (Fsp3) is 0.571. The number of ketones is 1. The van der Waals surface area contributed by atoms with Crippen LogP contribution in [0.4, 0.5) is 0 Å². The first kappa shape index (κ1) is 33.3. The summed E-state index contributed by atoms with van der Waals surface area (Å²) in [4.78, 5) is 13.6. The zero-order valence-electron chi connectivity index (χ0n) is 26.1. The Kier molecular flexibility index (Phi) is 14.7. The Balaban J connectivity index is 2.44. The number of rotatable bonds is 19. The molecule has 2 aromatic rings. The third-order valence-electron chi connectivity index (χ3n) is 6.73. The van der Waals surface area contributed by atoms with Crippen molar-refractivity contribution in [3.8, 4) is 23.0 Å². The third-order valence-corrected chi connectivity index (χ3v) is 6.73. The quantitative estimate of drug-likeness (QED) is 0.128. The van der Waals surface area contributed by atoms with E-state index >= 15 is 0 Å². The lowest BCUT2D eigenvalue weighted by molar-refractivity contribution is 0.103. The van der Waals surface area contributed by atoms with E-state index < -0.39 is 0 Å². The first-order valence-electron chi connectivity index (χ1n) is 15.4. The van der Waals surface area contributed by atoms with Crippen molar-refractivity contribution in [2.45, 2.75) is 131 Å². The van der Waals surface area contributed by atoms with Gasteiger partial charge in [0.2, 0.25) is 0 Å². The molecule has 222 valence electrons. The largest absolute Gasteiger partial charge is 0.491 e. The van der Waals surface area contributed by atoms with Crippen LogP contribution in [-0.4, -0.2) is 30.2 Å². The summed E-state index contributed by atoms with van der Waals surface area (Å²) in [6.07, 6.45) is 11.4. The lowest BCUT2D eigenvalue weighted by Crippen LogP contribution is -2.17. The molecule has 2 rings (SSSR count). The normalized spacial score (nSPS) is 14.4. The van der Waals surface area contributed by atoms with E-state index in [0.717, 1.165) is 68.4 Å². The van der Waals surface area contributed by atoms with Crippen LogP contribution in [0.15, 0.2) is 42.5 Å². The van der Waals surface area contributed by atoms with Crippen LogP contribution in [0.5, 0.6) is 23.0 Å². The van der Waals surface area contributed by atoms with Crippen molar-refractivity contribution in [2.75, 3.05) is 0 Å². The Hall–Kier alpha value is -2.95. The maximum absolute atomic E-state index is 13.6. The molecule has 5 nitrogen and oxygen atoms in total. The van der Waals surface area contributed by atoms with Crippen LogP contribution < -0.4 is 18.9 Å². The molecule has 0 aliphatic carbocycles. The van der Waals surface area contributed by atoms with Gasteiger partial charge in [-0.1, -0.05) is 59.4 Å². The summed E-state index contributed by atoms with van der Waals surface area (Å²) >= 11 is 0. The molecule has 0 saturated heterocycles. The van der Waals surface area contributed by atoms with Crippen LogP contribution in [0.2, 0.25) is 0 Å². The SMILES string of the molecule is CCCC(C)Oc1ccc(OC(C)CCC)c(C=CC(=O)c2cccc(OC(C)CCC)c2OC(C)CCC)c1. The second-order valence-electron chi connectivity index (χ2n) is 10.9. The van der Waals surface area contributed by atoms with Crippen molar-refractivity contribution in [3.63, 3.8) is 0 Å². The fourth-order valence-corrected chi connectivity index (χ4v) is 4.75. The second-order valence-corrected chi connectivity index (χ2v) is 10.9. The van der Waals surface area contributed by atoms with Gasteiger partial charge < -0.3 is 18.9 Å². The summed E-state index contributed by atoms with van der Waals surface area (Å²) < 4.78 is 25.0. The predicted molar refractivity (Wildman–Crippen MR) is 166 cm³/mol. The summed E-state index contributed by atoms with van der Waals surface area (Å²) in [7, 11) is 0. The smallest absolute Gasteiger partial charge is 0.189 e. The average molecular weight is 553 g/mol. The van der Waals surface area contributed by atoms with Gasteiger partial charge in [0.15, 0.2) is 17.3 Å². The van der Waals surface area contributed by atoms with E-state index in [0.29, 0.717) is 17.1 Å². The lowest BCUT2D eigenvalue weighted by atomic mass is 10.1. The van der Waals surface area contributed by atoms with E-state index in [-0.39, 0.29) is 30.2 Å². The minimum absolute atomic E-state index is 0.0254. The number of allylic oxidation sites excluding steroid dienone is 1. The molecule has 0 bridgehead atoms. The first-order chi connectivity index (χ1) is 19.2. The Morgan fingerprint density at radius 3 is 1.77 bits per heavy atom. The highest BCUT2D eigenvalue weighted by Crippen LogP contribution is 2.35. The maximum Gasteiger partial charge on any atom is 0.189 e. The molecule has 5 heteroatoms. The van der Waals surface area contributed by atoms with Crippen molar-refractivity contribution in [1.29, 1.82) is 0 Å². The third kappa shape index (κ3) is 10.9. The van der Waals surface area contributed by atoms with Gasteiger partial charge in [0.25, 0.3) is 0 Å². The highest BCUT2D eigenvalue weighted by Gasteiger charge is 2.20.